The Labute approximate surface area is 249 Å². The van der Waals surface area contributed by atoms with Gasteiger partial charge in [-0.25, -0.2) is 13.9 Å². The van der Waals surface area contributed by atoms with Crippen molar-refractivity contribution in [3.8, 4) is 16.9 Å². The van der Waals surface area contributed by atoms with Crippen molar-refractivity contribution in [2.45, 2.75) is 32.7 Å². The number of carbonyl (C=O) groups is 2. The first-order valence-corrected chi connectivity index (χ1v) is 13.2. The van der Waals surface area contributed by atoms with E-state index < -0.39 is 18.0 Å². The summed E-state index contributed by atoms with van der Waals surface area (Å²) in [5.41, 5.74) is 4.55. The second-order valence-electron chi connectivity index (χ2n) is 9.77. The Morgan fingerprint density at radius 3 is 2.50 bits per heavy atom. The first-order chi connectivity index (χ1) is 19.9. The van der Waals surface area contributed by atoms with Crippen molar-refractivity contribution >= 4 is 30.1 Å². The molecule has 3 aromatic carbocycles. The fraction of sp³-hybridized carbons (Fsp3) is 0.267. The van der Waals surface area contributed by atoms with E-state index in [0.29, 0.717) is 30.9 Å². The molecule has 2 N–H and O–H groups in total. The van der Waals surface area contributed by atoms with Gasteiger partial charge in [-0.2, -0.15) is 0 Å². The third kappa shape index (κ3) is 7.62. The van der Waals surface area contributed by atoms with Crippen LogP contribution >= 0.6 is 12.4 Å². The number of carbonyl (C=O) groups excluding carboxylic acids is 2. The molecule has 0 aliphatic carbocycles. The van der Waals surface area contributed by atoms with Gasteiger partial charge in [0.2, 0.25) is 5.91 Å². The molecule has 1 aliphatic rings. The van der Waals surface area contributed by atoms with Crippen molar-refractivity contribution in [2.24, 2.45) is 0 Å². The molecule has 10 nitrogen and oxygen atoms in total. The Bertz CT molecular complexity index is 1510. The van der Waals surface area contributed by atoms with Crippen LogP contribution in [0.2, 0.25) is 0 Å². The number of aromatic nitrogens is 3. The molecule has 0 saturated carbocycles. The van der Waals surface area contributed by atoms with E-state index in [4.69, 9.17) is 9.47 Å². The van der Waals surface area contributed by atoms with Crippen LogP contribution in [-0.2, 0) is 29.2 Å². The number of anilines is 1. The smallest absolute Gasteiger partial charge is 0.414 e. The van der Waals surface area contributed by atoms with Gasteiger partial charge in [-0.3, -0.25) is 9.69 Å². The number of nitrogens with zero attached hydrogens (tertiary/aromatic N) is 4. The summed E-state index contributed by atoms with van der Waals surface area (Å²) in [4.78, 5) is 24.7. The van der Waals surface area contributed by atoms with Crippen LogP contribution in [0.5, 0.6) is 5.75 Å². The molecule has 0 bridgehead atoms. The van der Waals surface area contributed by atoms with Gasteiger partial charge in [0, 0.05) is 25.6 Å². The lowest BCUT2D eigenvalue weighted by atomic mass is 10.0. The van der Waals surface area contributed by atoms with Crippen LogP contribution in [0.15, 0.2) is 72.9 Å². The third-order valence-electron chi connectivity index (χ3n) is 6.71. The number of cyclic esters (lactones) is 1. The fourth-order valence-corrected chi connectivity index (χ4v) is 4.55. The van der Waals surface area contributed by atoms with Crippen molar-refractivity contribution in [3.05, 3.63) is 95.6 Å². The van der Waals surface area contributed by atoms with Gasteiger partial charge >= 0.3 is 6.09 Å². The molecule has 4 aromatic rings. The normalized spacial score (nSPS) is 14.3. The van der Waals surface area contributed by atoms with E-state index in [0.717, 1.165) is 28.1 Å². The maximum Gasteiger partial charge on any atom is 0.414 e. The standard InChI is InChI=1S/C30H31FN6O4.ClH/c1-20(38)33-16-27-19-37(30(39)41-27)25-9-12-28(29(31)13-25)23-7-3-21(4-8-23)14-32-15-24-18-36(35-34-24)17-22-5-10-26(40-2)11-6-22;/h3-13,18,27,32H,14-17,19H2,1-2H3,(H,33,38);1H/t27-;/m0./s1. The molecule has 1 saturated heterocycles. The molecule has 0 spiro atoms. The molecule has 42 heavy (non-hydrogen) atoms. The van der Waals surface area contributed by atoms with E-state index in [-0.39, 0.29) is 31.4 Å². The minimum atomic E-state index is -0.566. The van der Waals surface area contributed by atoms with Gasteiger partial charge in [-0.1, -0.05) is 41.6 Å². The number of nitrogens with one attached hydrogen (secondary N) is 2. The molecule has 1 fully saturated rings. The summed E-state index contributed by atoms with van der Waals surface area (Å²) in [6.45, 7) is 3.64. The summed E-state index contributed by atoms with van der Waals surface area (Å²) in [6.07, 6.45) is 0.864. The highest BCUT2D eigenvalue weighted by Gasteiger charge is 2.32. The van der Waals surface area contributed by atoms with E-state index in [1.165, 1.54) is 17.9 Å². The number of methoxy groups -OCH3 is 1. The van der Waals surface area contributed by atoms with Crippen LogP contribution in [0, 0.1) is 5.82 Å². The number of rotatable bonds is 11. The van der Waals surface area contributed by atoms with Crippen molar-refractivity contribution in [1.82, 2.24) is 25.6 Å². The van der Waals surface area contributed by atoms with Gasteiger partial charge in [0.15, 0.2) is 0 Å². The Kier molecular flexibility index (Phi) is 10.1. The summed E-state index contributed by atoms with van der Waals surface area (Å²) in [5.74, 6) is 0.167. The lowest BCUT2D eigenvalue weighted by Crippen LogP contribution is -2.33. The first-order valence-electron chi connectivity index (χ1n) is 13.2. The molecule has 220 valence electrons. The van der Waals surface area contributed by atoms with Crippen LogP contribution in [0.4, 0.5) is 14.9 Å². The fourth-order valence-electron chi connectivity index (χ4n) is 4.55. The van der Waals surface area contributed by atoms with E-state index >= 15 is 4.39 Å². The lowest BCUT2D eigenvalue weighted by molar-refractivity contribution is -0.119. The van der Waals surface area contributed by atoms with Crippen LogP contribution in [0.1, 0.15) is 23.7 Å². The molecular formula is C30H32ClFN6O4. The number of benzene rings is 3. The number of amides is 2. The topological polar surface area (TPSA) is 111 Å². The molecule has 1 aliphatic heterocycles. The van der Waals surface area contributed by atoms with E-state index in [1.807, 2.05) is 54.7 Å². The molecule has 12 heteroatoms. The minimum absolute atomic E-state index is 0. The zero-order valence-corrected chi connectivity index (χ0v) is 24.1. The van der Waals surface area contributed by atoms with Gasteiger partial charge in [0.25, 0.3) is 0 Å². The first kappa shape index (κ1) is 30.5. The highest BCUT2D eigenvalue weighted by molar-refractivity contribution is 5.90. The monoisotopic (exact) mass is 594 g/mol. The molecule has 5 rings (SSSR count). The quantitative estimate of drug-likeness (QED) is 0.266. The van der Waals surface area contributed by atoms with Crippen molar-refractivity contribution in [3.63, 3.8) is 0 Å². The zero-order chi connectivity index (χ0) is 28.8. The van der Waals surface area contributed by atoms with Gasteiger partial charge in [0.05, 0.1) is 44.3 Å². The second kappa shape index (κ2) is 13.9. The zero-order valence-electron chi connectivity index (χ0n) is 23.2. The number of hydrogen-bond donors (Lipinski definition) is 2. The van der Waals surface area contributed by atoms with Gasteiger partial charge in [-0.15, -0.1) is 17.5 Å². The van der Waals surface area contributed by atoms with Gasteiger partial charge in [-0.05, 0) is 47.0 Å². The van der Waals surface area contributed by atoms with E-state index in [2.05, 4.69) is 20.9 Å². The van der Waals surface area contributed by atoms with Crippen LogP contribution < -0.4 is 20.3 Å². The van der Waals surface area contributed by atoms with Crippen LogP contribution in [-0.4, -0.2) is 53.3 Å². The highest BCUT2D eigenvalue weighted by Crippen LogP contribution is 2.29. The van der Waals surface area contributed by atoms with Crippen molar-refractivity contribution < 1.29 is 23.5 Å². The maximum atomic E-state index is 15.1. The summed E-state index contributed by atoms with van der Waals surface area (Å²) in [5, 5.41) is 14.4. The van der Waals surface area contributed by atoms with Crippen molar-refractivity contribution in [2.75, 3.05) is 25.1 Å². The molecular weight excluding hydrogens is 563 g/mol. The number of ether oxygens (including phenoxy) is 2. The summed E-state index contributed by atoms with van der Waals surface area (Å²) >= 11 is 0. The Hall–Kier alpha value is -4.48. The summed E-state index contributed by atoms with van der Waals surface area (Å²) in [7, 11) is 1.64. The predicted molar refractivity (Wildman–Crippen MR) is 158 cm³/mol. The average molecular weight is 595 g/mol. The Morgan fingerprint density at radius 1 is 1.07 bits per heavy atom. The van der Waals surface area contributed by atoms with Crippen LogP contribution in [0.3, 0.4) is 0 Å². The molecule has 1 aromatic heterocycles. The highest BCUT2D eigenvalue weighted by atomic mass is 35.5. The van der Waals surface area contributed by atoms with E-state index in [9.17, 15) is 9.59 Å². The molecule has 2 amide bonds. The molecule has 0 radical (unpaired) electrons. The summed E-state index contributed by atoms with van der Waals surface area (Å²) < 4.78 is 27.3. The molecule has 2 heterocycles. The average Bonchev–Trinajstić information content (AvgIpc) is 3.58. The Balaban J connectivity index is 0.00000405. The molecule has 1 atom stereocenters. The minimum Gasteiger partial charge on any atom is -0.497 e. The van der Waals surface area contributed by atoms with Crippen molar-refractivity contribution in [1.29, 1.82) is 0 Å². The number of hydrogen-bond acceptors (Lipinski definition) is 7. The maximum absolute atomic E-state index is 15.1. The summed E-state index contributed by atoms with van der Waals surface area (Å²) in [6, 6.07) is 20.1. The Morgan fingerprint density at radius 2 is 1.81 bits per heavy atom. The van der Waals surface area contributed by atoms with E-state index in [1.54, 1.807) is 23.9 Å². The predicted octanol–water partition coefficient (Wildman–Crippen LogP) is 4.31. The SMILES string of the molecule is COc1ccc(Cn2cc(CNCc3ccc(-c4ccc(N5C[C@H](CNC(C)=O)OC5=O)cc4F)cc3)nn2)cc1.Cl. The van der Waals surface area contributed by atoms with Gasteiger partial charge in [0.1, 0.15) is 17.7 Å². The second-order valence-corrected chi connectivity index (χ2v) is 9.77. The van der Waals surface area contributed by atoms with Gasteiger partial charge < -0.3 is 20.1 Å². The van der Waals surface area contributed by atoms with Crippen LogP contribution in [0.25, 0.3) is 11.1 Å². The number of halogens is 2. The third-order valence-corrected chi connectivity index (χ3v) is 6.71. The largest absolute Gasteiger partial charge is 0.497 e. The lowest BCUT2D eigenvalue weighted by Gasteiger charge is -2.15. The molecule has 0 unspecified atom stereocenters.